The summed E-state index contributed by atoms with van der Waals surface area (Å²) in [5.41, 5.74) is 0.878. The van der Waals surface area contributed by atoms with E-state index in [0.29, 0.717) is 30.1 Å². The van der Waals surface area contributed by atoms with Gasteiger partial charge in [-0.05, 0) is 31.0 Å². The van der Waals surface area contributed by atoms with E-state index >= 15 is 0 Å². The molecule has 3 aromatic rings. The van der Waals surface area contributed by atoms with E-state index < -0.39 is 5.69 Å². The molecule has 0 saturated carbocycles. The standard InChI is InChI=1S/C18H22BrN5O3/c1-11(8-9-25)20-17-21-15-14(16(26)23(3)18(27)22(15)2)24(17)10-12-4-6-13(19)7-5-12/h4-7,11,25H,8-10H2,1-3H3,(H,20,21)/t11-/m0/s1. The van der Waals surface area contributed by atoms with Crippen LogP contribution in [0.1, 0.15) is 18.9 Å². The molecule has 144 valence electrons. The first-order valence-electron chi connectivity index (χ1n) is 8.61. The van der Waals surface area contributed by atoms with E-state index in [9.17, 15) is 14.7 Å². The summed E-state index contributed by atoms with van der Waals surface area (Å²) in [6.45, 7) is 2.39. The van der Waals surface area contributed by atoms with Crippen LogP contribution in [0.15, 0.2) is 38.3 Å². The zero-order valence-electron chi connectivity index (χ0n) is 15.4. The van der Waals surface area contributed by atoms with Gasteiger partial charge >= 0.3 is 5.69 Å². The smallest absolute Gasteiger partial charge is 0.332 e. The lowest BCUT2D eigenvalue weighted by Gasteiger charge is -2.15. The molecule has 0 aliphatic carbocycles. The number of fused-ring (bicyclic) bond motifs is 1. The highest BCUT2D eigenvalue weighted by molar-refractivity contribution is 9.10. The van der Waals surface area contributed by atoms with Gasteiger partial charge in [0, 0.05) is 31.2 Å². The van der Waals surface area contributed by atoms with Gasteiger partial charge in [-0.2, -0.15) is 4.98 Å². The number of anilines is 1. The van der Waals surface area contributed by atoms with Gasteiger partial charge in [0.15, 0.2) is 11.2 Å². The van der Waals surface area contributed by atoms with Gasteiger partial charge in [0.25, 0.3) is 5.56 Å². The summed E-state index contributed by atoms with van der Waals surface area (Å²) in [5.74, 6) is 0.493. The Hall–Kier alpha value is -2.39. The number of hydrogen-bond acceptors (Lipinski definition) is 5. The van der Waals surface area contributed by atoms with Gasteiger partial charge in [-0.1, -0.05) is 28.1 Å². The van der Waals surface area contributed by atoms with Crippen molar-refractivity contribution in [3.05, 3.63) is 55.1 Å². The summed E-state index contributed by atoms with van der Waals surface area (Å²) in [5, 5.41) is 12.4. The Labute approximate surface area is 164 Å². The maximum atomic E-state index is 12.8. The molecule has 1 aromatic carbocycles. The van der Waals surface area contributed by atoms with E-state index in [1.54, 1.807) is 11.6 Å². The van der Waals surface area contributed by atoms with Crippen LogP contribution in [-0.4, -0.2) is 36.4 Å². The normalized spacial score (nSPS) is 12.5. The molecule has 0 aliphatic heterocycles. The van der Waals surface area contributed by atoms with Crippen LogP contribution in [0.3, 0.4) is 0 Å². The number of imidazole rings is 1. The SMILES string of the molecule is C[C@@H](CCO)Nc1nc2c(c(=O)n(C)c(=O)n2C)n1Cc1ccc(Br)cc1. The molecular formula is C18H22BrN5O3. The van der Waals surface area contributed by atoms with E-state index in [2.05, 4.69) is 26.2 Å². The first kappa shape index (κ1) is 19.4. The highest BCUT2D eigenvalue weighted by atomic mass is 79.9. The molecule has 0 spiro atoms. The number of halogens is 1. The van der Waals surface area contributed by atoms with Crippen LogP contribution >= 0.6 is 15.9 Å². The van der Waals surface area contributed by atoms with Crippen molar-refractivity contribution in [2.45, 2.75) is 25.9 Å². The zero-order chi connectivity index (χ0) is 19.7. The van der Waals surface area contributed by atoms with Gasteiger partial charge < -0.3 is 10.4 Å². The second-order valence-corrected chi connectivity index (χ2v) is 7.50. The molecule has 3 rings (SSSR count). The summed E-state index contributed by atoms with van der Waals surface area (Å²) in [6, 6.07) is 7.75. The van der Waals surface area contributed by atoms with Crippen LogP contribution in [-0.2, 0) is 20.6 Å². The van der Waals surface area contributed by atoms with E-state index in [4.69, 9.17) is 0 Å². The lowest BCUT2D eigenvalue weighted by atomic mass is 10.2. The second kappa shape index (κ2) is 7.69. The molecule has 0 amide bonds. The van der Waals surface area contributed by atoms with Crippen molar-refractivity contribution in [3.63, 3.8) is 0 Å². The third-order valence-electron chi connectivity index (χ3n) is 4.54. The number of nitrogens with zero attached hydrogens (tertiary/aromatic N) is 4. The second-order valence-electron chi connectivity index (χ2n) is 6.58. The molecule has 2 N–H and O–H groups in total. The minimum absolute atomic E-state index is 0.0430. The largest absolute Gasteiger partial charge is 0.396 e. The van der Waals surface area contributed by atoms with Crippen LogP contribution in [0.4, 0.5) is 5.95 Å². The van der Waals surface area contributed by atoms with Crippen molar-refractivity contribution in [2.24, 2.45) is 14.1 Å². The van der Waals surface area contributed by atoms with Crippen LogP contribution in [0, 0.1) is 0 Å². The summed E-state index contributed by atoms with van der Waals surface area (Å²) in [7, 11) is 3.06. The van der Waals surface area contributed by atoms with Gasteiger partial charge in [0.05, 0.1) is 6.54 Å². The molecule has 0 bridgehead atoms. The Kier molecular flexibility index (Phi) is 5.52. The number of rotatable bonds is 6. The predicted molar refractivity (Wildman–Crippen MR) is 108 cm³/mol. The van der Waals surface area contributed by atoms with Gasteiger partial charge in [0.2, 0.25) is 5.95 Å². The van der Waals surface area contributed by atoms with Crippen molar-refractivity contribution in [1.29, 1.82) is 0 Å². The summed E-state index contributed by atoms with van der Waals surface area (Å²) in [4.78, 5) is 29.6. The summed E-state index contributed by atoms with van der Waals surface area (Å²) < 4.78 is 5.21. The number of aliphatic hydroxyl groups is 1. The maximum absolute atomic E-state index is 12.8. The molecule has 0 radical (unpaired) electrons. The molecule has 0 saturated heterocycles. The van der Waals surface area contributed by atoms with E-state index in [1.165, 1.54) is 11.6 Å². The molecule has 27 heavy (non-hydrogen) atoms. The number of aromatic nitrogens is 4. The number of nitrogens with one attached hydrogen (secondary N) is 1. The molecule has 1 atom stereocenters. The Morgan fingerprint density at radius 2 is 1.85 bits per heavy atom. The Morgan fingerprint density at radius 3 is 2.48 bits per heavy atom. The number of benzene rings is 1. The molecule has 2 heterocycles. The van der Waals surface area contributed by atoms with Crippen LogP contribution in [0.5, 0.6) is 0 Å². The van der Waals surface area contributed by atoms with Crippen molar-refractivity contribution >= 4 is 33.0 Å². The topological polar surface area (TPSA) is 94.1 Å². The van der Waals surface area contributed by atoms with Crippen molar-refractivity contribution in [3.8, 4) is 0 Å². The van der Waals surface area contributed by atoms with Crippen molar-refractivity contribution < 1.29 is 5.11 Å². The zero-order valence-corrected chi connectivity index (χ0v) is 17.0. The molecule has 0 aliphatic rings. The fourth-order valence-electron chi connectivity index (χ4n) is 2.97. The van der Waals surface area contributed by atoms with Crippen LogP contribution in [0.25, 0.3) is 11.2 Å². The first-order chi connectivity index (χ1) is 12.8. The molecule has 2 aromatic heterocycles. The monoisotopic (exact) mass is 435 g/mol. The van der Waals surface area contributed by atoms with Crippen molar-refractivity contribution in [2.75, 3.05) is 11.9 Å². The Balaban J connectivity index is 2.21. The van der Waals surface area contributed by atoms with E-state index in [-0.39, 0.29) is 18.2 Å². The average Bonchev–Trinajstić information content (AvgIpc) is 2.98. The van der Waals surface area contributed by atoms with E-state index in [1.807, 2.05) is 31.2 Å². The van der Waals surface area contributed by atoms with Crippen LogP contribution in [0.2, 0.25) is 0 Å². The summed E-state index contributed by atoms with van der Waals surface area (Å²) >= 11 is 3.42. The third-order valence-corrected chi connectivity index (χ3v) is 5.07. The highest BCUT2D eigenvalue weighted by Gasteiger charge is 2.20. The number of aryl methyl sites for hydroxylation is 1. The Bertz CT molecular complexity index is 1080. The van der Waals surface area contributed by atoms with Crippen molar-refractivity contribution in [1.82, 2.24) is 18.7 Å². The fourth-order valence-corrected chi connectivity index (χ4v) is 3.23. The molecule has 9 heteroatoms. The lowest BCUT2D eigenvalue weighted by Crippen LogP contribution is -2.37. The predicted octanol–water partition coefficient (Wildman–Crippen LogP) is 1.43. The van der Waals surface area contributed by atoms with Gasteiger partial charge in [-0.3, -0.25) is 18.5 Å². The first-order valence-corrected chi connectivity index (χ1v) is 9.41. The number of aliphatic hydroxyl groups excluding tert-OH is 1. The van der Waals surface area contributed by atoms with Crippen LogP contribution < -0.4 is 16.6 Å². The Morgan fingerprint density at radius 1 is 1.19 bits per heavy atom. The summed E-state index contributed by atoms with van der Waals surface area (Å²) in [6.07, 6.45) is 0.540. The van der Waals surface area contributed by atoms with Gasteiger partial charge in [-0.25, -0.2) is 4.79 Å². The average molecular weight is 436 g/mol. The minimum Gasteiger partial charge on any atom is -0.396 e. The highest BCUT2D eigenvalue weighted by Crippen LogP contribution is 2.20. The van der Waals surface area contributed by atoms with Gasteiger partial charge in [0.1, 0.15) is 0 Å². The fraction of sp³-hybridized carbons (Fsp3) is 0.389. The number of hydrogen-bond donors (Lipinski definition) is 2. The molecule has 8 nitrogen and oxygen atoms in total. The quantitative estimate of drug-likeness (QED) is 0.610. The molecular weight excluding hydrogens is 414 g/mol. The molecule has 0 unspecified atom stereocenters. The lowest BCUT2D eigenvalue weighted by molar-refractivity contribution is 0.282. The minimum atomic E-state index is -0.421. The van der Waals surface area contributed by atoms with Gasteiger partial charge in [-0.15, -0.1) is 0 Å². The molecule has 0 fully saturated rings. The third kappa shape index (κ3) is 3.70. The van der Waals surface area contributed by atoms with E-state index in [0.717, 1.165) is 14.6 Å². The maximum Gasteiger partial charge on any atom is 0.332 e.